The van der Waals surface area contributed by atoms with Gasteiger partial charge in [0, 0.05) is 45.8 Å². The van der Waals surface area contributed by atoms with E-state index in [9.17, 15) is 14.7 Å². The van der Waals surface area contributed by atoms with E-state index >= 15 is 0 Å². The highest BCUT2D eigenvalue weighted by atomic mass is 35.5. The number of carbonyl (C=O) groups is 2. The Morgan fingerprint density at radius 2 is 1.89 bits per heavy atom. The van der Waals surface area contributed by atoms with Crippen LogP contribution in [0.15, 0.2) is 24.3 Å². The molecule has 1 heterocycles. The normalized spacial score (nSPS) is 16.6. The van der Waals surface area contributed by atoms with Gasteiger partial charge in [0.2, 0.25) is 5.91 Å². The maximum absolute atomic E-state index is 12.9. The van der Waals surface area contributed by atoms with Gasteiger partial charge in [0.05, 0.1) is 18.3 Å². The van der Waals surface area contributed by atoms with Crippen molar-refractivity contribution in [2.45, 2.75) is 70.9 Å². The number of aliphatic hydroxyl groups excluding tert-OH is 1. The number of likely N-dealkylation sites (tertiary alicyclic amines) is 1. The fraction of sp³-hybridized carbons (Fsp3) is 0.704. The third-order valence-electron chi connectivity index (χ3n) is 6.75. The Morgan fingerprint density at radius 3 is 2.61 bits per heavy atom. The number of hydrogen-bond donors (Lipinski definition) is 3. The van der Waals surface area contributed by atoms with Crippen LogP contribution < -0.4 is 15.8 Å². The molecule has 0 saturated carbocycles. The molecule has 3 atom stereocenters. The molecule has 0 bridgehead atoms. The third-order valence-corrected chi connectivity index (χ3v) is 6.75. The minimum Gasteiger partial charge on any atom is -0.493 e. The first-order chi connectivity index (χ1) is 16.8. The van der Waals surface area contributed by atoms with E-state index in [1.54, 1.807) is 18.1 Å². The van der Waals surface area contributed by atoms with E-state index in [1.807, 2.05) is 18.2 Å². The molecule has 2 amide bonds. The van der Waals surface area contributed by atoms with Crippen molar-refractivity contribution in [2.75, 3.05) is 40.0 Å². The van der Waals surface area contributed by atoms with Gasteiger partial charge in [-0.25, -0.2) is 0 Å². The monoisotopic (exact) mass is 527 g/mol. The fourth-order valence-electron chi connectivity index (χ4n) is 4.32. The Kier molecular flexibility index (Phi) is 15.7. The second kappa shape index (κ2) is 17.6. The molecular weight excluding hydrogens is 482 g/mol. The molecule has 36 heavy (non-hydrogen) atoms. The average molecular weight is 528 g/mol. The number of para-hydroxylation sites is 1. The fourth-order valence-corrected chi connectivity index (χ4v) is 4.32. The minimum atomic E-state index is -0.791. The molecule has 1 aromatic rings. The first-order valence-corrected chi connectivity index (χ1v) is 13.0. The number of nitrogens with one attached hydrogen (secondary N) is 1. The first-order valence-electron chi connectivity index (χ1n) is 13.0. The van der Waals surface area contributed by atoms with Crippen molar-refractivity contribution in [1.82, 2.24) is 10.2 Å². The molecule has 2 rings (SSSR count). The quantitative estimate of drug-likeness (QED) is 0.301. The van der Waals surface area contributed by atoms with Gasteiger partial charge in [-0.3, -0.25) is 9.59 Å². The Hall–Kier alpha value is -1.87. The molecule has 4 N–H and O–H groups in total. The van der Waals surface area contributed by atoms with Crippen molar-refractivity contribution in [3.63, 3.8) is 0 Å². The Labute approximate surface area is 222 Å². The lowest BCUT2D eigenvalue weighted by Crippen LogP contribution is -2.47. The maximum atomic E-state index is 12.9. The van der Waals surface area contributed by atoms with Gasteiger partial charge in [-0.05, 0) is 56.1 Å². The molecular formula is C27H46ClN3O5. The smallest absolute Gasteiger partial charge is 0.255 e. The first kappa shape index (κ1) is 32.2. The maximum Gasteiger partial charge on any atom is 0.255 e. The van der Waals surface area contributed by atoms with Crippen LogP contribution in [0, 0.1) is 11.8 Å². The number of halogens is 1. The van der Waals surface area contributed by atoms with E-state index in [-0.39, 0.29) is 42.6 Å². The van der Waals surface area contributed by atoms with Gasteiger partial charge in [0.15, 0.2) is 0 Å². The number of amides is 2. The summed E-state index contributed by atoms with van der Waals surface area (Å²) in [5.41, 5.74) is 6.86. The summed E-state index contributed by atoms with van der Waals surface area (Å²) in [6.45, 7) is 6.78. The molecule has 1 saturated heterocycles. The number of methoxy groups -OCH3 is 1. The molecule has 206 valence electrons. The molecule has 1 aliphatic heterocycles. The van der Waals surface area contributed by atoms with E-state index in [1.165, 1.54) is 0 Å². The van der Waals surface area contributed by atoms with E-state index in [0.29, 0.717) is 50.5 Å². The molecule has 1 aliphatic rings. The van der Waals surface area contributed by atoms with Gasteiger partial charge >= 0.3 is 0 Å². The van der Waals surface area contributed by atoms with Crippen molar-refractivity contribution in [3.05, 3.63) is 29.8 Å². The topological polar surface area (TPSA) is 114 Å². The van der Waals surface area contributed by atoms with Crippen LogP contribution in [0.5, 0.6) is 5.75 Å². The summed E-state index contributed by atoms with van der Waals surface area (Å²) in [4.78, 5) is 27.0. The third kappa shape index (κ3) is 11.0. The number of unbranched alkanes of at least 4 members (excludes halogenated alkanes) is 1. The van der Waals surface area contributed by atoms with E-state index in [4.69, 9.17) is 15.2 Å². The van der Waals surface area contributed by atoms with E-state index in [0.717, 1.165) is 32.1 Å². The highest BCUT2D eigenvalue weighted by Crippen LogP contribution is 2.21. The van der Waals surface area contributed by atoms with Crippen molar-refractivity contribution < 1.29 is 24.2 Å². The zero-order chi connectivity index (χ0) is 25.6. The number of hydrogen-bond acceptors (Lipinski definition) is 6. The number of benzene rings is 1. The predicted molar refractivity (Wildman–Crippen MR) is 145 cm³/mol. The van der Waals surface area contributed by atoms with Gasteiger partial charge in [-0.2, -0.15) is 0 Å². The molecule has 1 fully saturated rings. The number of nitrogens with zero attached hydrogens (tertiary/aromatic N) is 1. The van der Waals surface area contributed by atoms with Crippen LogP contribution in [0.3, 0.4) is 0 Å². The van der Waals surface area contributed by atoms with Crippen molar-refractivity contribution >= 4 is 24.2 Å². The van der Waals surface area contributed by atoms with Crippen LogP contribution in [0.1, 0.15) is 69.2 Å². The van der Waals surface area contributed by atoms with Crippen LogP contribution in [-0.2, 0) is 9.53 Å². The molecule has 1 aromatic carbocycles. The summed E-state index contributed by atoms with van der Waals surface area (Å²) >= 11 is 0. The lowest BCUT2D eigenvalue weighted by Gasteiger charge is -2.30. The number of nitrogens with two attached hydrogens (primary N) is 1. The number of aliphatic hydroxyl groups is 1. The number of carbonyl (C=O) groups excluding carboxylic acids is 2. The minimum absolute atomic E-state index is 0. The molecule has 0 unspecified atom stereocenters. The lowest BCUT2D eigenvalue weighted by atomic mass is 9.87. The van der Waals surface area contributed by atoms with E-state index < -0.39 is 12.1 Å². The van der Waals surface area contributed by atoms with Crippen LogP contribution in [0.2, 0.25) is 0 Å². The molecule has 0 spiro atoms. The SMILES string of the molecule is COCCCCOc1ccccc1C(=O)NC[C@@H](C[C@H](N)[C@@H](O)CN1CCCCCC1=O)C(C)C.Cl. The lowest BCUT2D eigenvalue weighted by molar-refractivity contribution is -0.132. The van der Waals surface area contributed by atoms with Crippen molar-refractivity contribution in [3.8, 4) is 5.75 Å². The largest absolute Gasteiger partial charge is 0.493 e. The summed E-state index contributed by atoms with van der Waals surface area (Å²) in [7, 11) is 1.68. The van der Waals surface area contributed by atoms with Crippen LogP contribution in [0.25, 0.3) is 0 Å². The average Bonchev–Trinajstić information content (AvgIpc) is 3.05. The molecule has 0 aliphatic carbocycles. The van der Waals surface area contributed by atoms with Gasteiger partial charge in [0.1, 0.15) is 5.75 Å². The molecule has 8 nitrogen and oxygen atoms in total. The van der Waals surface area contributed by atoms with Gasteiger partial charge in [-0.15, -0.1) is 12.4 Å². The molecule has 9 heteroatoms. The molecule has 0 radical (unpaired) electrons. The van der Waals surface area contributed by atoms with Crippen molar-refractivity contribution in [1.29, 1.82) is 0 Å². The summed E-state index contributed by atoms with van der Waals surface area (Å²) in [5, 5.41) is 13.7. The zero-order valence-electron chi connectivity index (χ0n) is 22.1. The zero-order valence-corrected chi connectivity index (χ0v) is 22.9. The highest BCUT2D eigenvalue weighted by Gasteiger charge is 2.27. The van der Waals surface area contributed by atoms with Crippen LogP contribution in [-0.4, -0.2) is 73.9 Å². The Bertz CT molecular complexity index is 780. The van der Waals surface area contributed by atoms with E-state index in [2.05, 4.69) is 19.2 Å². The summed E-state index contributed by atoms with van der Waals surface area (Å²) in [6, 6.07) is 6.77. The summed E-state index contributed by atoms with van der Waals surface area (Å²) in [6.07, 6.45) is 4.98. The van der Waals surface area contributed by atoms with Crippen LogP contribution in [0.4, 0.5) is 0 Å². The van der Waals surface area contributed by atoms with Gasteiger partial charge in [-0.1, -0.05) is 32.4 Å². The van der Waals surface area contributed by atoms with Crippen LogP contribution >= 0.6 is 12.4 Å². The second-order valence-electron chi connectivity index (χ2n) is 9.88. The standard InChI is InChI=1S/C27H45N3O5.ClH/c1-20(2)21(17-23(28)24(31)19-30-14-8-4-5-13-26(30)32)18-29-27(33)22-11-6-7-12-25(22)35-16-10-9-15-34-3;/h6-7,11-12,20-21,23-24,31H,4-5,8-10,13-19,28H2,1-3H3,(H,29,33);1H/t21-,23+,24+;/m1./s1. The summed E-state index contributed by atoms with van der Waals surface area (Å²) in [5.74, 6) is 0.831. The predicted octanol–water partition coefficient (Wildman–Crippen LogP) is 3.40. The number of β-amino-alcohol motifs (C(OH)–C–C–N with tert-alkyl or cyclic N) is 1. The van der Waals surface area contributed by atoms with Gasteiger partial charge in [0.25, 0.3) is 5.91 Å². The summed E-state index contributed by atoms with van der Waals surface area (Å²) < 4.78 is 10.9. The Balaban J connectivity index is 0.00000648. The number of rotatable bonds is 15. The Morgan fingerprint density at radius 1 is 1.17 bits per heavy atom. The highest BCUT2D eigenvalue weighted by molar-refractivity contribution is 5.96. The van der Waals surface area contributed by atoms with Gasteiger partial charge < -0.3 is 30.5 Å². The van der Waals surface area contributed by atoms with Crippen molar-refractivity contribution in [2.24, 2.45) is 17.6 Å². The number of ether oxygens (including phenoxy) is 2. The second-order valence-corrected chi connectivity index (χ2v) is 9.88. The molecule has 0 aromatic heterocycles.